The van der Waals surface area contributed by atoms with E-state index in [-0.39, 0.29) is 19.6 Å². The van der Waals surface area contributed by atoms with Gasteiger partial charge in [0.25, 0.3) is 0 Å². The van der Waals surface area contributed by atoms with Gasteiger partial charge < -0.3 is 14.8 Å². The predicted molar refractivity (Wildman–Crippen MR) is 127 cm³/mol. The van der Waals surface area contributed by atoms with Crippen molar-refractivity contribution < 1.29 is 28.2 Å². The molecule has 2 amide bonds. The maximum Gasteiger partial charge on any atom is 0.435 e. The number of halogens is 1. The highest BCUT2D eigenvalue weighted by molar-refractivity contribution is 6.05. The molecule has 9 nitrogen and oxygen atoms in total. The highest BCUT2D eigenvalue weighted by atomic mass is 19.1. The summed E-state index contributed by atoms with van der Waals surface area (Å²) < 4.78 is 25.9. The van der Waals surface area contributed by atoms with Gasteiger partial charge in [-0.3, -0.25) is 9.69 Å². The van der Waals surface area contributed by atoms with E-state index in [1.165, 1.54) is 6.20 Å². The Balaban J connectivity index is 1.49. The Morgan fingerprint density at radius 1 is 1.09 bits per heavy atom. The smallest absolute Gasteiger partial charge is 0.435 e. The SMILES string of the molecule is CC(C)(C)OC(=O)N1C[C@H](F)C[C@@H]1C(=O)Nc1cccc2c1cnn2C(=O)OCc1ccccc1. The van der Waals surface area contributed by atoms with Gasteiger partial charge in [-0.2, -0.15) is 9.78 Å². The zero-order valence-electron chi connectivity index (χ0n) is 19.7. The number of rotatable bonds is 4. The maximum absolute atomic E-state index is 14.2. The number of anilines is 1. The standard InChI is InChI=1S/C25H27FN4O5/c1-25(2,3)35-23(32)29-14-17(26)12-21(29)22(31)28-19-10-7-11-20-18(19)13-27-30(20)24(33)34-15-16-8-5-4-6-9-16/h4-11,13,17,21H,12,14-15H2,1-3H3,(H,28,31)/t17-,21-/m1/s1. The van der Waals surface area contributed by atoms with Crippen LogP contribution < -0.4 is 5.32 Å². The number of fused-ring (bicyclic) bond motifs is 1. The molecule has 2 aromatic carbocycles. The number of aromatic nitrogens is 2. The van der Waals surface area contributed by atoms with E-state index >= 15 is 0 Å². The summed E-state index contributed by atoms with van der Waals surface area (Å²) in [5.41, 5.74) is 0.866. The number of benzene rings is 2. The summed E-state index contributed by atoms with van der Waals surface area (Å²) in [4.78, 5) is 39.3. The summed E-state index contributed by atoms with van der Waals surface area (Å²) in [5.74, 6) is -0.553. The molecule has 1 fully saturated rings. The topological polar surface area (TPSA) is 103 Å². The number of nitrogens with one attached hydrogen (secondary N) is 1. The summed E-state index contributed by atoms with van der Waals surface area (Å²) in [6, 6.07) is 13.2. The second-order valence-electron chi connectivity index (χ2n) is 9.31. The minimum absolute atomic E-state index is 0.0873. The van der Waals surface area contributed by atoms with E-state index in [2.05, 4.69) is 10.4 Å². The van der Waals surface area contributed by atoms with Gasteiger partial charge in [-0.1, -0.05) is 36.4 Å². The van der Waals surface area contributed by atoms with E-state index in [0.29, 0.717) is 16.6 Å². The number of nitrogens with zero attached hydrogens (tertiary/aromatic N) is 3. The highest BCUT2D eigenvalue weighted by Gasteiger charge is 2.41. The van der Waals surface area contributed by atoms with Gasteiger partial charge in [-0.15, -0.1) is 0 Å². The molecule has 4 rings (SSSR count). The zero-order chi connectivity index (χ0) is 25.2. The average Bonchev–Trinajstić information content (AvgIpc) is 3.41. The average molecular weight is 483 g/mol. The largest absolute Gasteiger partial charge is 0.444 e. The molecule has 0 aliphatic carbocycles. The molecule has 35 heavy (non-hydrogen) atoms. The van der Waals surface area contributed by atoms with Crippen molar-refractivity contribution in [1.29, 1.82) is 0 Å². The summed E-state index contributed by atoms with van der Waals surface area (Å²) >= 11 is 0. The molecule has 2 atom stereocenters. The summed E-state index contributed by atoms with van der Waals surface area (Å²) in [5, 5.41) is 7.36. The molecule has 1 aliphatic rings. The lowest BCUT2D eigenvalue weighted by molar-refractivity contribution is -0.120. The fraction of sp³-hybridized carbons (Fsp3) is 0.360. The second-order valence-corrected chi connectivity index (χ2v) is 9.31. The quantitative estimate of drug-likeness (QED) is 0.587. The molecule has 1 N–H and O–H groups in total. The number of hydrogen-bond acceptors (Lipinski definition) is 6. The van der Waals surface area contributed by atoms with Crippen molar-refractivity contribution in [1.82, 2.24) is 14.7 Å². The zero-order valence-corrected chi connectivity index (χ0v) is 19.7. The van der Waals surface area contributed by atoms with Crippen LogP contribution in [-0.2, 0) is 20.9 Å². The van der Waals surface area contributed by atoms with Gasteiger partial charge in [-0.05, 0) is 38.5 Å². The Morgan fingerprint density at radius 2 is 1.83 bits per heavy atom. The van der Waals surface area contributed by atoms with E-state index in [9.17, 15) is 18.8 Å². The first-order valence-corrected chi connectivity index (χ1v) is 11.2. The van der Waals surface area contributed by atoms with Crippen molar-refractivity contribution in [2.75, 3.05) is 11.9 Å². The van der Waals surface area contributed by atoms with Crippen LogP contribution in [0.5, 0.6) is 0 Å². The summed E-state index contributed by atoms with van der Waals surface area (Å²) in [6.07, 6.45) is -1.44. The molecule has 0 bridgehead atoms. The van der Waals surface area contributed by atoms with E-state index in [0.717, 1.165) is 15.1 Å². The second kappa shape index (κ2) is 9.73. The molecular weight excluding hydrogens is 455 g/mol. The number of amides is 2. The van der Waals surface area contributed by atoms with Crippen LogP contribution in [0.3, 0.4) is 0 Å². The number of alkyl halides is 1. The van der Waals surface area contributed by atoms with Gasteiger partial charge in [-0.25, -0.2) is 14.0 Å². The third-order valence-electron chi connectivity index (χ3n) is 5.43. The number of carbonyl (C=O) groups excluding carboxylic acids is 3. The van der Waals surface area contributed by atoms with Crippen LogP contribution >= 0.6 is 0 Å². The molecular formula is C25H27FN4O5. The Kier molecular flexibility index (Phi) is 6.72. The van der Waals surface area contributed by atoms with Crippen molar-refractivity contribution in [3.8, 4) is 0 Å². The fourth-order valence-electron chi connectivity index (χ4n) is 3.86. The molecule has 1 aliphatic heterocycles. The van der Waals surface area contributed by atoms with Gasteiger partial charge in [0.1, 0.15) is 24.4 Å². The molecule has 2 heterocycles. The van der Waals surface area contributed by atoms with Gasteiger partial charge in [0.15, 0.2) is 0 Å². The molecule has 1 aromatic heterocycles. The van der Waals surface area contributed by atoms with Gasteiger partial charge >= 0.3 is 12.2 Å². The lowest BCUT2D eigenvalue weighted by atomic mass is 10.1. The maximum atomic E-state index is 14.2. The lowest BCUT2D eigenvalue weighted by Crippen LogP contribution is -2.45. The van der Waals surface area contributed by atoms with Crippen LogP contribution in [0.15, 0.2) is 54.7 Å². The number of carbonyl (C=O) groups is 3. The van der Waals surface area contributed by atoms with Crippen LogP contribution in [-0.4, -0.2) is 57.1 Å². The Hall–Kier alpha value is -3.95. The molecule has 0 spiro atoms. The van der Waals surface area contributed by atoms with Crippen molar-refractivity contribution in [2.24, 2.45) is 0 Å². The molecule has 1 saturated heterocycles. The van der Waals surface area contributed by atoms with Crippen LogP contribution in [0.25, 0.3) is 10.9 Å². The van der Waals surface area contributed by atoms with Crippen LogP contribution in [0.4, 0.5) is 19.7 Å². The normalized spacial score (nSPS) is 17.9. The number of ether oxygens (including phenoxy) is 2. The Labute approximate surface area is 201 Å². The van der Waals surface area contributed by atoms with Crippen LogP contribution in [0.2, 0.25) is 0 Å². The Morgan fingerprint density at radius 3 is 2.54 bits per heavy atom. The minimum Gasteiger partial charge on any atom is -0.444 e. The monoisotopic (exact) mass is 482 g/mol. The highest BCUT2D eigenvalue weighted by Crippen LogP contribution is 2.27. The van der Waals surface area contributed by atoms with Gasteiger partial charge in [0, 0.05) is 11.8 Å². The van der Waals surface area contributed by atoms with Crippen LogP contribution in [0.1, 0.15) is 32.8 Å². The molecule has 3 aromatic rings. The number of hydrogen-bond donors (Lipinski definition) is 1. The van der Waals surface area contributed by atoms with E-state index < -0.39 is 35.9 Å². The van der Waals surface area contributed by atoms with E-state index in [4.69, 9.17) is 9.47 Å². The van der Waals surface area contributed by atoms with Crippen molar-refractivity contribution in [2.45, 2.75) is 51.6 Å². The minimum atomic E-state index is -1.34. The molecule has 0 unspecified atom stereocenters. The molecule has 184 valence electrons. The van der Waals surface area contributed by atoms with E-state index in [1.807, 2.05) is 30.3 Å². The first-order valence-electron chi connectivity index (χ1n) is 11.2. The number of likely N-dealkylation sites (tertiary alicyclic amines) is 1. The first-order chi connectivity index (χ1) is 16.6. The van der Waals surface area contributed by atoms with Crippen molar-refractivity contribution >= 4 is 34.7 Å². The lowest BCUT2D eigenvalue weighted by Gasteiger charge is -2.27. The first kappa shape index (κ1) is 24.2. The van der Waals surface area contributed by atoms with Crippen molar-refractivity contribution in [3.63, 3.8) is 0 Å². The molecule has 0 saturated carbocycles. The van der Waals surface area contributed by atoms with E-state index in [1.54, 1.807) is 39.0 Å². The third-order valence-corrected chi connectivity index (χ3v) is 5.43. The van der Waals surface area contributed by atoms with Gasteiger partial charge in [0.2, 0.25) is 5.91 Å². The fourth-order valence-corrected chi connectivity index (χ4v) is 3.86. The van der Waals surface area contributed by atoms with Crippen LogP contribution in [0, 0.1) is 0 Å². The van der Waals surface area contributed by atoms with Gasteiger partial charge in [0.05, 0.1) is 23.9 Å². The van der Waals surface area contributed by atoms with Crippen molar-refractivity contribution in [3.05, 3.63) is 60.3 Å². The molecule has 10 heteroatoms. The third kappa shape index (κ3) is 5.59. The predicted octanol–water partition coefficient (Wildman–Crippen LogP) is 4.51. The summed E-state index contributed by atoms with van der Waals surface area (Å²) in [7, 11) is 0. The molecule has 0 radical (unpaired) electrons. The Bertz CT molecular complexity index is 1240. The summed E-state index contributed by atoms with van der Waals surface area (Å²) in [6.45, 7) is 4.97.